The molecule has 5 heteroatoms. The topological polar surface area (TPSA) is 47.8 Å². The summed E-state index contributed by atoms with van der Waals surface area (Å²) in [5.41, 5.74) is 1.79. The van der Waals surface area contributed by atoms with Gasteiger partial charge in [-0.05, 0) is 12.1 Å². The van der Waals surface area contributed by atoms with Gasteiger partial charge in [0.05, 0.1) is 23.0 Å². The van der Waals surface area contributed by atoms with Gasteiger partial charge < -0.3 is 4.57 Å². The molecule has 0 bridgehead atoms. The van der Waals surface area contributed by atoms with Crippen LogP contribution in [0.2, 0.25) is 0 Å². The lowest BCUT2D eigenvalue weighted by molar-refractivity contribution is 0.0991. The van der Waals surface area contributed by atoms with Gasteiger partial charge in [0.15, 0.2) is 10.8 Å². The van der Waals surface area contributed by atoms with E-state index in [0.717, 1.165) is 15.9 Å². The van der Waals surface area contributed by atoms with E-state index < -0.39 is 0 Å². The van der Waals surface area contributed by atoms with Crippen LogP contribution in [0.1, 0.15) is 15.5 Å². The van der Waals surface area contributed by atoms with Crippen LogP contribution in [0.5, 0.6) is 0 Å². The first-order valence-electron chi connectivity index (χ1n) is 5.58. The molecular weight excluding hydrogens is 246 g/mol. The molecule has 0 aliphatic heterocycles. The molecule has 2 heterocycles. The van der Waals surface area contributed by atoms with Gasteiger partial charge in [0.1, 0.15) is 0 Å². The van der Waals surface area contributed by atoms with Crippen LogP contribution in [0.15, 0.2) is 36.8 Å². The largest absolute Gasteiger partial charge is 0.337 e. The van der Waals surface area contributed by atoms with Gasteiger partial charge in [0.2, 0.25) is 0 Å². The molecule has 0 N–H and O–H groups in total. The van der Waals surface area contributed by atoms with E-state index in [1.165, 1.54) is 11.3 Å². The van der Waals surface area contributed by atoms with Gasteiger partial charge in [-0.1, -0.05) is 12.1 Å². The van der Waals surface area contributed by atoms with E-state index in [0.29, 0.717) is 11.4 Å². The SMILES string of the molecule is Cn1cncc1CC(=O)c1nc2ccccc2s1. The fourth-order valence-corrected chi connectivity index (χ4v) is 2.69. The third kappa shape index (κ3) is 1.93. The number of para-hydroxylation sites is 1. The maximum absolute atomic E-state index is 12.1. The lowest BCUT2D eigenvalue weighted by Crippen LogP contribution is -2.06. The number of aryl methyl sites for hydroxylation is 1. The van der Waals surface area contributed by atoms with Crippen LogP contribution < -0.4 is 0 Å². The first-order chi connectivity index (χ1) is 8.74. The predicted molar refractivity (Wildman–Crippen MR) is 70.9 cm³/mol. The third-order valence-electron chi connectivity index (χ3n) is 2.79. The Morgan fingerprint density at radius 2 is 2.22 bits per heavy atom. The summed E-state index contributed by atoms with van der Waals surface area (Å²) in [4.78, 5) is 20.5. The molecule has 90 valence electrons. The van der Waals surface area contributed by atoms with Crippen molar-refractivity contribution in [3.63, 3.8) is 0 Å². The fourth-order valence-electron chi connectivity index (χ4n) is 1.79. The van der Waals surface area contributed by atoms with E-state index in [1.54, 1.807) is 12.5 Å². The molecule has 18 heavy (non-hydrogen) atoms. The van der Waals surface area contributed by atoms with E-state index in [2.05, 4.69) is 9.97 Å². The highest BCUT2D eigenvalue weighted by Crippen LogP contribution is 2.22. The number of hydrogen-bond acceptors (Lipinski definition) is 4. The van der Waals surface area contributed by atoms with Gasteiger partial charge in [0, 0.05) is 18.9 Å². The van der Waals surface area contributed by atoms with Gasteiger partial charge >= 0.3 is 0 Å². The van der Waals surface area contributed by atoms with Crippen molar-refractivity contribution in [2.45, 2.75) is 6.42 Å². The minimum absolute atomic E-state index is 0.0415. The molecule has 2 aromatic heterocycles. The van der Waals surface area contributed by atoms with E-state index in [1.807, 2.05) is 35.9 Å². The van der Waals surface area contributed by atoms with Crippen molar-refractivity contribution in [1.29, 1.82) is 0 Å². The van der Waals surface area contributed by atoms with E-state index >= 15 is 0 Å². The van der Waals surface area contributed by atoms with Gasteiger partial charge in [-0.15, -0.1) is 11.3 Å². The zero-order valence-electron chi connectivity index (χ0n) is 9.83. The molecule has 4 nitrogen and oxygen atoms in total. The number of aromatic nitrogens is 3. The molecule has 3 aromatic rings. The highest BCUT2D eigenvalue weighted by atomic mass is 32.1. The molecule has 0 aliphatic carbocycles. The molecule has 0 spiro atoms. The monoisotopic (exact) mass is 257 g/mol. The fraction of sp³-hybridized carbons (Fsp3) is 0.154. The van der Waals surface area contributed by atoms with Crippen LogP contribution >= 0.6 is 11.3 Å². The zero-order chi connectivity index (χ0) is 12.5. The summed E-state index contributed by atoms with van der Waals surface area (Å²) in [6, 6.07) is 7.79. The number of fused-ring (bicyclic) bond motifs is 1. The molecule has 3 rings (SSSR count). The molecule has 0 unspecified atom stereocenters. The van der Waals surface area contributed by atoms with Gasteiger partial charge in [0.25, 0.3) is 0 Å². The molecule has 0 fully saturated rings. The second kappa shape index (κ2) is 4.34. The summed E-state index contributed by atoms with van der Waals surface area (Å²) in [5.74, 6) is 0.0415. The van der Waals surface area contributed by atoms with Gasteiger partial charge in [-0.2, -0.15) is 0 Å². The average molecular weight is 257 g/mol. The van der Waals surface area contributed by atoms with E-state index in [4.69, 9.17) is 0 Å². The quantitative estimate of drug-likeness (QED) is 0.677. The number of carbonyl (C=O) groups excluding carboxylic acids is 1. The van der Waals surface area contributed by atoms with Crippen LogP contribution in [-0.2, 0) is 13.5 Å². The van der Waals surface area contributed by atoms with Crippen molar-refractivity contribution >= 4 is 27.3 Å². The summed E-state index contributed by atoms with van der Waals surface area (Å²) in [6.45, 7) is 0. The van der Waals surface area contributed by atoms with Crippen molar-refractivity contribution in [2.75, 3.05) is 0 Å². The lowest BCUT2D eigenvalue weighted by Gasteiger charge is -1.98. The maximum Gasteiger partial charge on any atom is 0.197 e. The van der Waals surface area contributed by atoms with Crippen molar-refractivity contribution < 1.29 is 4.79 Å². The molecule has 0 amide bonds. The van der Waals surface area contributed by atoms with Crippen molar-refractivity contribution in [3.05, 3.63) is 47.5 Å². The van der Waals surface area contributed by atoms with Crippen LogP contribution in [-0.4, -0.2) is 20.3 Å². The van der Waals surface area contributed by atoms with Crippen LogP contribution in [0.4, 0.5) is 0 Å². The summed E-state index contributed by atoms with van der Waals surface area (Å²) >= 11 is 1.44. The second-order valence-electron chi connectivity index (χ2n) is 4.08. The normalized spacial score (nSPS) is 10.9. The smallest absolute Gasteiger partial charge is 0.197 e. The summed E-state index contributed by atoms with van der Waals surface area (Å²) in [5, 5.41) is 0.567. The number of imidazole rings is 1. The van der Waals surface area contributed by atoms with Crippen molar-refractivity contribution in [1.82, 2.24) is 14.5 Å². The first-order valence-corrected chi connectivity index (χ1v) is 6.39. The summed E-state index contributed by atoms with van der Waals surface area (Å²) in [6.07, 6.45) is 3.75. The Morgan fingerprint density at radius 3 is 2.94 bits per heavy atom. The number of hydrogen-bond donors (Lipinski definition) is 0. The summed E-state index contributed by atoms with van der Waals surface area (Å²) < 4.78 is 2.90. The van der Waals surface area contributed by atoms with Crippen LogP contribution in [0, 0.1) is 0 Å². The number of benzene rings is 1. The number of nitrogens with zero attached hydrogens (tertiary/aromatic N) is 3. The molecule has 0 radical (unpaired) electrons. The van der Waals surface area contributed by atoms with E-state index in [-0.39, 0.29) is 5.78 Å². The van der Waals surface area contributed by atoms with Gasteiger partial charge in [-0.3, -0.25) is 4.79 Å². The molecule has 1 aromatic carbocycles. The van der Waals surface area contributed by atoms with Crippen molar-refractivity contribution in [2.24, 2.45) is 7.05 Å². The first kappa shape index (κ1) is 11.1. The Labute approximate surface area is 108 Å². The molecule has 0 atom stereocenters. The minimum Gasteiger partial charge on any atom is -0.337 e. The Morgan fingerprint density at radius 1 is 1.39 bits per heavy atom. The standard InChI is InChI=1S/C13H11N3OS/c1-16-8-14-7-9(16)6-11(17)13-15-10-4-2-3-5-12(10)18-13/h2-5,7-8H,6H2,1H3. The highest BCUT2D eigenvalue weighted by molar-refractivity contribution is 7.20. The lowest BCUT2D eigenvalue weighted by atomic mass is 10.2. The maximum atomic E-state index is 12.1. The number of rotatable bonds is 3. The van der Waals surface area contributed by atoms with Crippen LogP contribution in [0.3, 0.4) is 0 Å². The third-order valence-corrected chi connectivity index (χ3v) is 3.87. The Bertz CT molecular complexity index is 681. The number of carbonyl (C=O) groups is 1. The van der Waals surface area contributed by atoms with Crippen LogP contribution in [0.25, 0.3) is 10.2 Å². The highest BCUT2D eigenvalue weighted by Gasteiger charge is 2.14. The number of ketones is 1. The molecule has 0 saturated carbocycles. The minimum atomic E-state index is 0.0415. The Kier molecular flexibility index (Phi) is 2.68. The average Bonchev–Trinajstić information content (AvgIpc) is 2.96. The zero-order valence-corrected chi connectivity index (χ0v) is 10.6. The van der Waals surface area contributed by atoms with Gasteiger partial charge in [-0.25, -0.2) is 9.97 Å². The predicted octanol–water partition coefficient (Wildman–Crippen LogP) is 2.46. The molecule has 0 aliphatic rings. The number of thiazole rings is 1. The van der Waals surface area contributed by atoms with E-state index in [9.17, 15) is 4.79 Å². The van der Waals surface area contributed by atoms with Crippen molar-refractivity contribution in [3.8, 4) is 0 Å². The Hall–Kier alpha value is -2.01. The second-order valence-corrected chi connectivity index (χ2v) is 5.11. The molecular formula is C13H11N3OS. The number of Topliss-reactive ketones (excluding diaryl/α,β-unsaturated/α-hetero) is 1. The molecule has 0 saturated heterocycles. The summed E-state index contributed by atoms with van der Waals surface area (Å²) in [7, 11) is 1.88. The Balaban J connectivity index is 1.90.